The summed E-state index contributed by atoms with van der Waals surface area (Å²) in [6.07, 6.45) is 3.51. The second-order valence-corrected chi connectivity index (χ2v) is 6.57. The van der Waals surface area contributed by atoms with Crippen LogP contribution in [0.2, 0.25) is 0 Å². The highest BCUT2D eigenvalue weighted by Gasteiger charge is 2.25. The number of H-pyrrole nitrogens is 2. The lowest BCUT2D eigenvalue weighted by Crippen LogP contribution is -2.39. The van der Waals surface area contributed by atoms with Gasteiger partial charge in [0.15, 0.2) is 5.69 Å². The number of aromatic hydroxyl groups is 1. The molecule has 1 amide bonds. The average Bonchev–Trinajstić information content (AvgIpc) is 2.58. The van der Waals surface area contributed by atoms with Crippen molar-refractivity contribution in [3.05, 3.63) is 61.9 Å². The first-order valence-corrected chi connectivity index (χ1v) is 8.37. The fourth-order valence-electron chi connectivity index (χ4n) is 3.40. The monoisotopic (exact) mass is 343 g/mol. The number of aromatic amines is 2. The zero-order valence-corrected chi connectivity index (χ0v) is 14.0. The maximum Gasteiger partial charge on any atom is 0.326 e. The number of nitrogens with one attached hydrogen (secondary N) is 3. The van der Waals surface area contributed by atoms with Gasteiger partial charge >= 0.3 is 5.69 Å². The van der Waals surface area contributed by atoms with Gasteiger partial charge in [-0.25, -0.2) is 4.79 Å². The maximum atomic E-state index is 12.2. The first kappa shape index (κ1) is 17.0. The third-order valence-corrected chi connectivity index (χ3v) is 4.72. The van der Waals surface area contributed by atoms with Crippen LogP contribution in [-0.4, -0.2) is 27.0 Å². The second kappa shape index (κ2) is 6.96. The van der Waals surface area contributed by atoms with E-state index in [4.69, 9.17) is 0 Å². The van der Waals surface area contributed by atoms with Crippen molar-refractivity contribution in [2.45, 2.75) is 44.6 Å². The highest BCUT2D eigenvalue weighted by molar-refractivity contribution is 5.94. The SMILES string of the molecule is Cc1cccc(C2CCC(NC(=O)c3[nH]c(=O)[nH]c(=O)c3O)CC2)c1. The van der Waals surface area contributed by atoms with Crippen molar-refractivity contribution in [3.8, 4) is 5.75 Å². The molecule has 1 heterocycles. The summed E-state index contributed by atoms with van der Waals surface area (Å²) in [6.45, 7) is 2.07. The molecule has 0 radical (unpaired) electrons. The summed E-state index contributed by atoms with van der Waals surface area (Å²) in [5.74, 6) is -0.939. The van der Waals surface area contributed by atoms with Crippen LogP contribution in [0.5, 0.6) is 5.75 Å². The first-order valence-electron chi connectivity index (χ1n) is 8.37. The smallest absolute Gasteiger partial charge is 0.326 e. The number of carbonyl (C=O) groups excluding carboxylic acids is 1. The molecule has 1 aromatic carbocycles. The van der Waals surface area contributed by atoms with Gasteiger partial charge in [0.05, 0.1) is 0 Å². The standard InChI is InChI=1S/C18H21N3O4/c1-10-3-2-4-12(9-10)11-5-7-13(8-6-11)19-16(23)14-15(22)17(24)21-18(25)20-14/h2-4,9,11,13,22H,5-8H2,1H3,(H,19,23)(H2,20,21,24,25). The van der Waals surface area contributed by atoms with E-state index in [1.165, 1.54) is 11.1 Å². The van der Waals surface area contributed by atoms with Crippen LogP contribution in [-0.2, 0) is 0 Å². The molecule has 0 unspecified atom stereocenters. The summed E-state index contributed by atoms with van der Waals surface area (Å²) >= 11 is 0. The third-order valence-electron chi connectivity index (χ3n) is 4.72. The van der Waals surface area contributed by atoms with Crippen LogP contribution in [0.15, 0.2) is 33.9 Å². The van der Waals surface area contributed by atoms with Crippen LogP contribution in [0, 0.1) is 6.92 Å². The van der Waals surface area contributed by atoms with Crippen LogP contribution >= 0.6 is 0 Å². The highest BCUT2D eigenvalue weighted by Crippen LogP contribution is 2.33. The molecular formula is C18H21N3O4. The molecule has 0 saturated heterocycles. The lowest BCUT2D eigenvalue weighted by atomic mass is 9.81. The Balaban J connectivity index is 1.64. The van der Waals surface area contributed by atoms with E-state index in [0.717, 1.165) is 25.7 Å². The Labute approximate surface area is 144 Å². The molecule has 1 fully saturated rings. The fourth-order valence-corrected chi connectivity index (χ4v) is 3.40. The Bertz CT molecular complexity index is 892. The molecule has 7 nitrogen and oxygen atoms in total. The minimum absolute atomic E-state index is 0.0456. The topological polar surface area (TPSA) is 115 Å². The summed E-state index contributed by atoms with van der Waals surface area (Å²) in [7, 11) is 0. The van der Waals surface area contributed by atoms with E-state index in [-0.39, 0.29) is 6.04 Å². The molecule has 1 aliphatic carbocycles. The molecule has 0 spiro atoms. The van der Waals surface area contributed by atoms with Crippen molar-refractivity contribution in [3.63, 3.8) is 0 Å². The molecule has 25 heavy (non-hydrogen) atoms. The summed E-state index contributed by atoms with van der Waals surface area (Å²) < 4.78 is 0. The van der Waals surface area contributed by atoms with E-state index < -0.39 is 28.6 Å². The molecular weight excluding hydrogens is 322 g/mol. The van der Waals surface area contributed by atoms with Crippen molar-refractivity contribution in [1.82, 2.24) is 15.3 Å². The van der Waals surface area contributed by atoms with E-state index in [1.54, 1.807) is 0 Å². The van der Waals surface area contributed by atoms with Gasteiger partial charge in [0.25, 0.3) is 11.5 Å². The summed E-state index contributed by atoms with van der Waals surface area (Å²) in [4.78, 5) is 38.9. The first-order chi connectivity index (χ1) is 11.9. The van der Waals surface area contributed by atoms with Crippen molar-refractivity contribution < 1.29 is 9.90 Å². The van der Waals surface area contributed by atoms with E-state index in [1.807, 2.05) is 4.98 Å². The molecule has 1 saturated carbocycles. The number of amides is 1. The van der Waals surface area contributed by atoms with Gasteiger partial charge < -0.3 is 10.4 Å². The van der Waals surface area contributed by atoms with Gasteiger partial charge in [-0.05, 0) is 44.1 Å². The molecule has 0 aliphatic heterocycles. The normalized spacial score (nSPS) is 20.2. The Morgan fingerprint density at radius 3 is 2.56 bits per heavy atom. The van der Waals surface area contributed by atoms with E-state index in [9.17, 15) is 19.5 Å². The molecule has 2 aromatic rings. The fraction of sp³-hybridized carbons (Fsp3) is 0.389. The molecule has 0 atom stereocenters. The van der Waals surface area contributed by atoms with E-state index in [2.05, 4.69) is 41.5 Å². The number of hydrogen-bond donors (Lipinski definition) is 4. The zero-order chi connectivity index (χ0) is 18.0. The zero-order valence-electron chi connectivity index (χ0n) is 14.0. The molecule has 132 valence electrons. The predicted octanol–water partition coefficient (Wildman–Crippen LogP) is 1.53. The Hall–Kier alpha value is -2.83. The largest absolute Gasteiger partial charge is 0.501 e. The Kier molecular flexibility index (Phi) is 4.74. The Morgan fingerprint density at radius 1 is 1.16 bits per heavy atom. The quantitative estimate of drug-likeness (QED) is 0.676. The Morgan fingerprint density at radius 2 is 1.88 bits per heavy atom. The molecule has 1 aliphatic rings. The minimum Gasteiger partial charge on any atom is -0.501 e. The van der Waals surface area contributed by atoms with Crippen LogP contribution < -0.4 is 16.6 Å². The lowest BCUT2D eigenvalue weighted by Gasteiger charge is -2.29. The molecule has 0 bridgehead atoms. The van der Waals surface area contributed by atoms with Gasteiger partial charge in [0.2, 0.25) is 5.75 Å². The van der Waals surface area contributed by atoms with Crippen molar-refractivity contribution >= 4 is 5.91 Å². The average molecular weight is 343 g/mol. The van der Waals surface area contributed by atoms with Crippen molar-refractivity contribution in [1.29, 1.82) is 0 Å². The number of benzene rings is 1. The molecule has 3 rings (SSSR count). The second-order valence-electron chi connectivity index (χ2n) is 6.57. The number of carbonyl (C=O) groups is 1. The van der Waals surface area contributed by atoms with Gasteiger partial charge in [-0.2, -0.15) is 0 Å². The number of aryl methyl sites for hydroxylation is 1. The van der Waals surface area contributed by atoms with Crippen molar-refractivity contribution in [2.24, 2.45) is 0 Å². The van der Waals surface area contributed by atoms with Crippen LogP contribution in [0.3, 0.4) is 0 Å². The summed E-state index contributed by atoms with van der Waals surface area (Å²) in [6, 6.07) is 8.42. The van der Waals surface area contributed by atoms with Crippen LogP contribution in [0.4, 0.5) is 0 Å². The highest BCUT2D eigenvalue weighted by atomic mass is 16.3. The summed E-state index contributed by atoms with van der Waals surface area (Å²) in [5, 5.41) is 12.5. The predicted molar refractivity (Wildman–Crippen MR) is 93.0 cm³/mol. The van der Waals surface area contributed by atoms with E-state index >= 15 is 0 Å². The molecule has 7 heteroatoms. The number of hydrogen-bond acceptors (Lipinski definition) is 4. The van der Waals surface area contributed by atoms with Crippen LogP contribution in [0.25, 0.3) is 0 Å². The summed E-state index contributed by atoms with van der Waals surface area (Å²) in [5.41, 5.74) is 0.366. The maximum absolute atomic E-state index is 12.2. The lowest BCUT2D eigenvalue weighted by molar-refractivity contribution is 0.0917. The van der Waals surface area contributed by atoms with Gasteiger partial charge in [-0.15, -0.1) is 0 Å². The van der Waals surface area contributed by atoms with E-state index in [0.29, 0.717) is 5.92 Å². The van der Waals surface area contributed by atoms with Crippen molar-refractivity contribution in [2.75, 3.05) is 0 Å². The number of rotatable bonds is 3. The number of aromatic nitrogens is 2. The van der Waals surface area contributed by atoms with Gasteiger partial charge in [-0.3, -0.25) is 19.6 Å². The van der Waals surface area contributed by atoms with Gasteiger partial charge in [0, 0.05) is 6.04 Å². The molecule has 1 aromatic heterocycles. The van der Waals surface area contributed by atoms with Crippen LogP contribution in [0.1, 0.15) is 53.2 Å². The minimum atomic E-state index is -0.975. The van der Waals surface area contributed by atoms with Gasteiger partial charge in [0.1, 0.15) is 0 Å². The van der Waals surface area contributed by atoms with Gasteiger partial charge in [-0.1, -0.05) is 29.8 Å². The third kappa shape index (κ3) is 3.81. The molecule has 4 N–H and O–H groups in total.